The van der Waals surface area contributed by atoms with Crippen LogP contribution in [-0.4, -0.2) is 62.3 Å². The van der Waals surface area contributed by atoms with Crippen LogP contribution in [0.15, 0.2) is 0 Å². The van der Waals surface area contributed by atoms with Crippen LogP contribution < -0.4 is 0 Å². The van der Waals surface area contributed by atoms with E-state index in [1.807, 2.05) is 0 Å². The SMILES string of the molecule is CCC(C)OCCCN(C)CCCN1CCCCC1. The summed E-state index contributed by atoms with van der Waals surface area (Å²) in [6.45, 7) is 11.6. The summed E-state index contributed by atoms with van der Waals surface area (Å²) in [5.74, 6) is 0. The Kier molecular flexibility index (Phi) is 9.48. The number of rotatable bonds is 10. The van der Waals surface area contributed by atoms with E-state index in [0.717, 1.165) is 26.0 Å². The van der Waals surface area contributed by atoms with Crippen molar-refractivity contribution in [1.82, 2.24) is 9.80 Å². The van der Waals surface area contributed by atoms with E-state index in [9.17, 15) is 0 Å². The Morgan fingerprint density at radius 3 is 2.47 bits per heavy atom. The zero-order valence-corrected chi connectivity index (χ0v) is 13.4. The van der Waals surface area contributed by atoms with Gasteiger partial charge in [0.15, 0.2) is 0 Å². The molecule has 0 radical (unpaired) electrons. The van der Waals surface area contributed by atoms with Crippen LogP contribution in [0, 0.1) is 0 Å². The van der Waals surface area contributed by atoms with Crippen molar-refractivity contribution in [2.24, 2.45) is 0 Å². The lowest BCUT2D eigenvalue weighted by Gasteiger charge is -2.27. The minimum absolute atomic E-state index is 0.421. The summed E-state index contributed by atoms with van der Waals surface area (Å²) in [5, 5.41) is 0. The monoisotopic (exact) mass is 270 g/mol. The molecular formula is C16H34N2O. The third-order valence-corrected chi connectivity index (χ3v) is 4.12. The predicted octanol–water partition coefficient (Wildman–Crippen LogP) is 3.00. The molecule has 114 valence electrons. The molecule has 0 aromatic rings. The molecule has 1 aliphatic rings. The fourth-order valence-corrected chi connectivity index (χ4v) is 2.60. The van der Waals surface area contributed by atoms with Crippen LogP contribution in [0.5, 0.6) is 0 Å². The van der Waals surface area contributed by atoms with Gasteiger partial charge in [-0.15, -0.1) is 0 Å². The van der Waals surface area contributed by atoms with Crippen molar-refractivity contribution in [1.29, 1.82) is 0 Å². The summed E-state index contributed by atoms with van der Waals surface area (Å²) in [5.41, 5.74) is 0. The van der Waals surface area contributed by atoms with Crippen LogP contribution in [0.2, 0.25) is 0 Å². The third kappa shape index (κ3) is 8.61. The molecule has 1 rings (SSSR count). The van der Waals surface area contributed by atoms with Crippen molar-refractivity contribution in [2.75, 3.05) is 46.4 Å². The highest BCUT2D eigenvalue weighted by molar-refractivity contribution is 4.65. The summed E-state index contributed by atoms with van der Waals surface area (Å²) < 4.78 is 5.71. The molecule has 1 aliphatic heterocycles. The average molecular weight is 270 g/mol. The van der Waals surface area contributed by atoms with Crippen LogP contribution in [0.4, 0.5) is 0 Å². The zero-order valence-electron chi connectivity index (χ0n) is 13.4. The summed E-state index contributed by atoms with van der Waals surface area (Å²) in [6, 6.07) is 0. The first kappa shape index (κ1) is 16.9. The van der Waals surface area contributed by atoms with Gasteiger partial charge in [-0.05, 0) is 72.3 Å². The van der Waals surface area contributed by atoms with Gasteiger partial charge < -0.3 is 14.5 Å². The van der Waals surface area contributed by atoms with E-state index in [1.165, 1.54) is 51.9 Å². The molecule has 1 unspecified atom stereocenters. The maximum atomic E-state index is 5.71. The molecule has 1 atom stereocenters. The van der Waals surface area contributed by atoms with Crippen molar-refractivity contribution in [3.8, 4) is 0 Å². The van der Waals surface area contributed by atoms with Crippen molar-refractivity contribution >= 4 is 0 Å². The second-order valence-electron chi connectivity index (χ2n) is 6.00. The second kappa shape index (κ2) is 10.6. The minimum atomic E-state index is 0.421. The highest BCUT2D eigenvalue weighted by atomic mass is 16.5. The molecule has 0 aromatic carbocycles. The molecular weight excluding hydrogens is 236 g/mol. The molecule has 0 aliphatic carbocycles. The molecule has 1 saturated heterocycles. The minimum Gasteiger partial charge on any atom is -0.378 e. The van der Waals surface area contributed by atoms with Crippen molar-refractivity contribution < 1.29 is 4.74 Å². The van der Waals surface area contributed by atoms with Crippen LogP contribution in [0.25, 0.3) is 0 Å². The molecule has 3 heteroatoms. The molecule has 0 saturated carbocycles. The second-order valence-corrected chi connectivity index (χ2v) is 6.00. The first-order valence-corrected chi connectivity index (χ1v) is 8.25. The standard InChI is InChI=1S/C16H34N2O/c1-4-16(2)19-15-9-11-17(3)10-8-14-18-12-6-5-7-13-18/h16H,4-15H2,1-3H3. The van der Waals surface area contributed by atoms with Crippen molar-refractivity contribution in [3.63, 3.8) is 0 Å². The molecule has 1 heterocycles. The van der Waals surface area contributed by atoms with Gasteiger partial charge in [0.05, 0.1) is 6.10 Å². The Hall–Kier alpha value is -0.120. The van der Waals surface area contributed by atoms with Gasteiger partial charge in [0.1, 0.15) is 0 Å². The summed E-state index contributed by atoms with van der Waals surface area (Å²) in [6.07, 6.45) is 8.25. The van der Waals surface area contributed by atoms with Crippen LogP contribution in [0.1, 0.15) is 52.4 Å². The summed E-state index contributed by atoms with van der Waals surface area (Å²) in [4.78, 5) is 5.08. The van der Waals surface area contributed by atoms with Crippen molar-refractivity contribution in [3.05, 3.63) is 0 Å². The molecule has 0 bridgehead atoms. The van der Waals surface area contributed by atoms with Gasteiger partial charge in [0.2, 0.25) is 0 Å². The van der Waals surface area contributed by atoms with Gasteiger partial charge in [-0.1, -0.05) is 13.3 Å². The van der Waals surface area contributed by atoms with Gasteiger partial charge in [-0.25, -0.2) is 0 Å². The number of ether oxygens (including phenoxy) is 1. The van der Waals surface area contributed by atoms with Gasteiger partial charge in [-0.2, -0.15) is 0 Å². The molecule has 0 spiro atoms. The largest absolute Gasteiger partial charge is 0.378 e. The Balaban J connectivity index is 1.91. The van der Waals surface area contributed by atoms with Gasteiger partial charge in [-0.3, -0.25) is 0 Å². The van der Waals surface area contributed by atoms with E-state index in [0.29, 0.717) is 6.10 Å². The van der Waals surface area contributed by atoms with E-state index in [2.05, 4.69) is 30.7 Å². The smallest absolute Gasteiger partial charge is 0.0544 e. The fourth-order valence-electron chi connectivity index (χ4n) is 2.60. The number of nitrogens with zero attached hydrogens (tertiary/aromatic N) is 2. The third-order valence-electron chi connectivity index (χ3n) is 4.12. The maximum Gasteiger partial charge on any atom is 0.0544 e. The summed E-state index contributed by atoms with van der Waals surface area (Å²) in [7, 11) is 2.24. The summed E-state index contributed by atoms with van der Waals surface area (Å²) >= 11 is 0. The van der Waals surface area contributed by atoms with Crippen LogP contribution in [0.3, 0.4) is 0 Å². The lowest BCUT2D eigenvalue weighted by molar-refractivity contribution is 0.0576. The molecule has 0 amide bonds. The van der Waals surface area contributed by atoms with E-state index in [-0.39, 0.29) is 0 Å². The highest BCUT2D eigenvalue weighted by Crippen LogP contribution is 2.08. The van der Waals surface area contributed by atoms with E-state index >= 15 is 0 Å². The lowest BCUT2D eigenvalue weighted by atomic mass is 10.1. The van der Waals surface area contributed by atoms with E-state index in [4.69, 9.17) is 4.74 Å². The number of hydrogen-bond donors (Lipinski definition) is 0. The van der Waals surface area contributed by atoms with Gasteiger partial charge >= 0.3 is 0 Å². The Morgan fingerprint density at radius 2 is 1.79 bits per heavy atom. The molecule has 19 heavy (non-hydrogen) atoms. The van der Waals surface area contributed by atoms with Crippen LogP contribution in [-0.2, 0) is 4.74 Å². The zero-order chi connectivity index (χ0) is 13.9. The van der Waals surface area contributed by atoms with Gasteiger partial charge in [0, 0.05) is 13.2 Å². The predicted molar refractivity (Wildman–Crippen MR) is 82.7 cm³/mol. The molecule has 0 aromatic heterocycles. The van der Waals surface area contributed by atoms with Gasteiger partial charge in [0.25, 0.3) is 0 Å². The quantitative estimate of drug-likeness (QED) is 0.568. The molecule has 0 N–H and O–H groups in total. The first-order valence-electron chi connectivity index (χ1n) is 8.25. The fraction of sp³-hybridized carbons (Fsp3) is 1.00. The number of likely N-dealkylation sites (tertiary alicyclic amines) is 1. The number of hydrogen-bond acceptors (Lipinski definition) is 3. The topological polar surface area (TPSA) is 15.7 Å². The lowest BCUT2D eigenvalue weighted by Crippen LogP contribution is -2.32. The van der Waals surface area contributed by atoms with E-state index < -0.39 is 0 Å². The Bertz CT molecular complexity index is 205. The normalized spacial score (nSPS) is 18.9. The highest BCUT2D eigenvalue weighted by Gasteiger charge is 2.09. The van der Waals surface area contributed by atoms with Crippen LogP contribution >= 0.6 is 0 Å². The average Bonchev–Trinajstić information content (AvgIpc) is 2.44. The molecule has 1 fully saturated rings. The maximum absolute atomic E-state index is 5.71. The number of piperidine rings is 1. The van der Waals surface area contributed by atoms with Crippen molar-refractivity contribution in [2.45, 2.75) is 58.5 Å². The first-order chi connectivity index (χ1) is 9.22. The Labute approximate surface area is 120 Å². The van der Waals surface area contributed by atoms with E-state index in [1.54, 1.807) is 0 Å². The molecule has 3 nitrogen and oxygen atoms in total. The Morgan fingerprint density at radius 1 is 1.11 bits per heavy atom.